The molecule has 0 amide bonds. The van der Waals surface area contributed by atoms with Gasteiger partial charge in [-0.3, -0.25) is 4.79 Å². The van der Waals surface area contributed by atoms with E-state index in [-0.39, 0.29) is 49.8 Å². The number of Topliss-reactive ketones (excluding diaryl/α,β-unsaturated/α-hetero) is 1. The van der Waals surface area contributed by atoms with E-state index >= 15 is 0 Å². The molecule has 0 rings (SSSR count). The Morgan fingerprint density at radius 3 is 1.89 bits per heavy atom. The van der Waals surface area contributed by atoms with E-state index in [1.54, 1.807) is 13.8 Å². The van der Waals surface area contributed by atoms with E-state index in [1.807, 2.05) is 0 Å². The molecule has 0 aromatic heterocycles. The molecule has 0 radical (unpaired) electrons. The number of methoxy groups -OCH3 is 2. The summed E-state index contributed by atoms with van der Waals surface area (Å²) < 4.78 is 36.1. The van der Waals surface area contributed by atoms with Gasteiger partial charge in [0.1, 0.15) is 31.5 Å². The molecule has 0 N–H and O–H groups in total. The van der Waals surface area contributed by atoms with Crippen molar-refractivity contribution in [1.29, 1.82) is 0 Å². The Morgan fingerprint density at radius 2 is 1.37 bits per heavy atom. The normalized spacial score (nSPS) is 14.2. The molecule has 0 saturated heterocycles. The van der Waals surface area contributed by atoms with Gasteiger partial charge in [-0.2, -0.15) is 0 Å². The van der Waals surface area contributed by atoms with Crippen molar-refractivity contribution in [3.8, 4) is 0 Å². The SMILES string of the molecule is C=C(C)C(=O)OC(C)C(COCOC(=O)COCC(OC)C(C)OC(=O)C(=C)C)CC(=O)COC. The van der Waals surface area contributed by atoms with Crippen LogP contribution in [0, 0.1) is 5.92 Å². The van der Waals surface area contributed by atoms with E-state index in [0.29, 0.717) is 0 Å². The van der Waals surface area contributed by atoms with Crippen molar-refractivity contribution in [2.75, 3.05) is 47.4 Å². The van der Waals surface area contributed by atoms with Crippen LogP contribution in [0.4, 0.5) is 0 Å². The van der Waals surface area contributed by atoms with Gasteiger partial charge in [-0.1, -0.05) is 13.2 Å². The number of rotatable bonds is 19. The highest BCUT2D eigenvalue weighted by molar-refractivity contribution is 5.87. The van der Waals surface area contributed by atoms with E-state index in [4.69, 9.17) is 33.2 Å². The second kappa shape index (κ2) is 17.8. The van der Waals surface area contributed by atoms with Gasteiger partial charge in [0.05, 0.1) is 13.2 Å². The van der Waals surface area contributed by atoms with Crippen LogP contribution in [0.5, 0.6) is 0 Å². The molecule has 0 spiro atoms. The number of carbonyl (C=O) groups excluding carboxylic acids is 4. The van der Waals surface area contributed by atoms with Crippen molar-refractivity contribution >= 4 is 23.7 Å². The van der Waals surface area contributed by atoms with E-state index in [1.165, 1.54) is 28.1 Å². The molecule has 200 valence electrons. The maximum atomic E-state index is 12.0. The third kappa shape index (κ3) is 14.4. The fourth-order valence-electron chi connectivity index (χ4n) is 2.59. The molecule has 0 aliphatic carbocycles. The molecule has 0 bridgehead atoms. The molecule has 0 aliphatic heterocycles. The van der Waals surface area contributed by atoms with Gasteiger partial charge < -0.3 is 33.2 Å². The van der Waals surface area contributed by atoms with Crippen LogP contribution >= 0.6 is 0 Å². The average molecular weight is 503 g/mol. The fraction of sp³-hybridized carbons (Fsp3) is 0.667. The van der Waals surface area contributed by atoms with Crippen LogP contribution in [-0.4, -0.2) is 89.4 Å². The van der Waals surface area contributed by atoms with Gasteiger partial charge in [-0.25, -0.2) is 14.4 Å². The summed E-state index contributed by atoms with van der Waals surface area (Å²) >= 11 is 0. The molecule has 0 fully saturated rings. The minimum Gasteiger partial charge on any atom is -0.459 e. The first kappa shape index (κ1) is 32.4. The summed E-state index contributed by atoms with van der Waals surface area (Å²) in [7, 11) is 2.83. The standard InChI is InChI=1S/C24H38O11/c1-15(2)23(27)34-17(5)19(9-20(25)11-29-7)10-32-14-33-22(26)13-31-12-21(30-8)18(6)35-24(28)16(3)4/h17-19,21H,1,3,9-14H2,2,4-8H3. The summed E-state index contributed by atoms with van der Waals surface area (Å²) in [5.41, 5.74) is 0.484. The van der Waals surface area contributed by atoms with Crippen molar-refractivity contribution < 1.29 is 52.3 Å². The summed E-state index contributed by atoms with van der Waals surface area (Å²) in [6.07, 6.45) is -1.83. The second-order valence-corrected chi connectivity index (χ2v) is 8.01. The first-order valence-corrected chi connectivity index (χ1v) is 11.0. The highest BCUT2D eigenvalue weighted by Crippen LogP contribution is 2.16. The van der Waals surface area contributed by atoms with E-state index in [2.05, 4.69) is 13.2 Å². The Morgan fingerprint density at radius 1 is 0.800 bits per heavy atom. The molecule has 0 aromatic rings. The number of hydrogen-bond acceptors (Lipinski definition) is 11. The molecule has 4 atom stereocenters. The highest BCUT2D eigenvalue weighted by Gasteiger charge is 2.25. The Kier molecular flexibility index (Phi) is 16.5. The zero-order valence-corrected chi connectivity index (χ0v) is 21.5. The zero-order chi connectivity index (χ0) is 27.0. The van der Waals surface area contributed by atoms with Crippen LogP contribution in [-0.2, 0) is 52.3 Å². The van der Waals surface area contributed by atoms with Crippen LogP contribution in [0.25, 0.3) is 0 Å². The quantitative estimate of drug-likeness (QED) is 0.0841. The summed E-state index contributed by atoms with van der Waals surface area (Å²) in [6, 6.07) is 0. The monoisotopic (exact) mass is 502 g/mol. The highest BCUT2D eigenvalue weighted by atomic mass is 16.7. The van der Waals surface area contributed by atoms with Crippen molar-refractivity contribution in [3.05, 3.63) is 24.3 Å². The van der Waals surface area contributed by atoms with Gasteiger partial charge in [-0.15, -0.1) is 0 Å². The lowest BCUT2D eigenvalue weighted by Crippen LogP contribution is -2.35. The molecule has 0 aromatic carbocycles. The molecule has 4 unspecified atom stereocenters. The third-order valence-electron chi connectivity index (χ3n) is 4.71. The van der Waals surface area contributed by atoms with E-state index in [9.17, 15) is 19.2 Å². The number of hydrogen-bond donors (Lipinski definition) is 0. The van der Waals surface area contributed by atoms with Gasteiger partial charge in [-0.05, 0) is 27.7 Å². The van der Waals surface area contributed by atoms with Crippen molar-refractivity contribution in [2.24, 2.45) is 5.92 Å². The van der Waals surface area contributed by atoms with Crippen molar-refractivity contribution in [3.63, 3.8) is 0 Å². The Balaban J connectivity index is 4.51. The third-order valence-corrected chi connectivity index (χ3v) is 4.71. The van der Waals surface area contributed by atoms with Gasteiger partial charge in [0.15, 0.2) is 12.6 Å². The van der Waals surface area contributed by atoms with Gasteiger partial charge in [0, 0.05) is 37.7 Å². The second-order valence-electron chi connectivity index (χ2n) is 8.01. The Hall–Kier alpha value is -2.60. The number of ether oxygens (including phenoxy) is 7. The Bertz CT molecular complexity index is 731. The summed E-state index contributed by atoms with van der Waals surface area (Å²) in [5.74, 6) is -2.51. The van der Waals surface area contributed by atoms with Crippen LogP contribution in [0.2, 0.25) is 0 Å². The molecule has 0 saturated carbocycles. The molecule has 35 heavy (non-hydrogen) atoms. The summed E-state index contributed by atoms with van der Waals surface area (Å²) in [5, 5.41) is 0. The lowest BCUT2D eigenvalue weighted by Gasteiger charge is -2.23. The maximum Gasteiger partial charge on any atom is 0.334 e. The maximum absolute atomic E-state index is 12.0. The predicted molar refractivity (Wildman–Crippen MR) is 124 cm³/mol. The van der Waals surface area contributed by atoms with Gasteiger partial charge in [0.25, 0.3) is 0 Å². The van der Waals surface area contributed by atoms with E-state index < -0.39 is 48.9 Å². The first-order valence-electron chi connectivity index (χ1n) is 11.0. The Labute approximate surface area is 206 Å². The summed E-state index contributed by atoms with van der Waals surface area (Å²) in [6.45, 7) is 12.5. The van der Waals surface area contributed by atoms with Crippen LogP contribution in [0.15, 0.2) is 24.3 Å². The minimum atomic E-state index is -0.694. The molecular formula is C24H38O11. The lowest BCUT2D eigenvalue weighted by atomic mass is 9.98. The van der Waals surface area contributed by atoms with Gasteiger partial charge >= 0.3 is 17.9 Å². The van der Waals surface area contributed by atoms with Crippen molar-refractivity contribution in [1.82, 2.24) is 0 Å². The van der Waals surface area contributed by atoms with Gasteiger partial charge in [0.2, 0.25) is 0 Å². The van der Waals surface area contributed by atoms with Crippen LogP contribution in [0.3, 0.4) is 0 Å². The fourth-order valence-corrected chi connectivity index (χ4v) is 2.59. The largest absolute Gasteiger partial charge is 0.459 e. The zero-order valence-electron chi connectivity index (χ0n) is 21.5. The predicted octanol–water partition coefficient (Wildman–Crippen LogP) is 1.77. The molecule has 11 nitrogen and oxygen atoms in total. The molecule has 0 aliphatic rings. The molecular weight excluding hydrogens is 464 g/mol. The van der Waals surface area contributed by atoms with Crippen molar-refractivity contribution in [2.45, 2.75) is 52.4 Å². The number of esters is 3. The first-order chi connectivity index (χ1) is 16.4. The molecule has 0 heterocycles. The van der Waals surface area contributed by atoms with Crippen LogP contribution < -0.4 is 0 Å². The van der Waals surface area contributed by atoms with Crippen LogP contribution in [0.1, 0.15) is 34.1 Å². The lowest BCUT2D eigenvalue weighted by molar-refractivity contribution is -0.168. The minimum absolute atomic E-state index is 0.00835. The number of ketones is 1. The van der Waals surface area contributed by atoms with E-state index in [0.717, 1.165) is 0 Å². The smallest absolute Gasteiger partial charge is 0.334 e. The number of carbonyl (C=O) groups is 4. The summed E-state index contributed by atoms with van der Waals surface area (Å²) in [4.78, 5) is 47.3. The topological polar surface area (TPSA) is 133 Å². The average Bonchev–Trinajstić information content (AvgIpc) is 2.78. The molecule has 11 heteroatoms.